The highest BCUT2D eigenvalue weighted by atomic mass is 16.5. The summed E-state index contributed by atoms with van der Waals surface area (Å²) >= 11 is 0. The van der Waals surface area contributed by atoms with Gasteiger partial charge in [0, 0.05) is 6.08 Å². The maximum Gasteiger partial charge on any atom is 0.338 e. The van der Waals surface area contributed by atoms with Gasteiger partial charge in [0.05, 0.1) is 19.3 Å². The zero-order chi connectivity index (χ0) is 16.7. The Morgan fingerprint density at radius 2 is 1.61 bits per heavy atom. The molecule has 23 heavy (non-hydrogen) atoms. The lowest BCUT2D eigenvalue weighted by Crippen LogP contribution is -2.05. The highest BCUT2D eigenvalue weighted by molar-refractivity contribution is 5.97. The Morgan fingerprint density at radius 3 is 2.26 bits per heavy atom. The summed E-state index contributed by atoms with van der Waals surface area (Å²) in [5.41, 5.74) is 2.73. The number of ether oxygens (including phenoxy) is 2. The van der Waals surface area contributed by atoms with Crippen LogP contribution in [0.2, 0.25) is 0 Å². The van der Waals surface area contributed by atoms with Gasteiger partial charge in [-0.25, -0.2) is 9.59 Å². The number of hydrogen-bond acceptors (Lipinski definition) is 4. The molecule has 0 amide bonds. The fraction of sp³-hybridized carbons (Fsp3) is 0.158. The fourth-order valence-corrected chi connectivity index (χ4v) is 2.16. The third-order valence-electron chi connectivity index (χ3n) is 3.23. The van der Waals surface area contributed by atoms with Gasteiger partial charge in [0.25, 0.3) is 0 Å². The number of hydrogen-bond donors (Lipinski definition) is 0. The van der Waals surface area contributed by atoms with E-state index in [4.69, 9.17) is 9.47 Å². The van der Waals surface area contributed by atoms with Crippen LogP contribution in [0.1, 0.15) is 28.4 Å². The summed E-state index contributed by atoms with van der Waals surface area (Å²) in [5.74, 6) is -0.842. The first-order chi connectivity index (χ1) is 11.2. The molecule has 118 valence electrons. The van der Waals surface area contributed by atoms with Crippen LogP contribution in [0.3, 0.4) is 0 Å². The van der Waals surface area contributed by atoms with E-state index in [0.717, 1.165) is 11.1 Å². The van der Waals surface area contributed by atoms with Gasteiger partial charge < -0.3 is 9.47 Å². The predicted molar refractivity (Wildman–Crippen MR) is 87.9 cm³/mol. The zero-order valence-corrected chi connectivity index (χ0v) is 13.1. The van der Waals surface area contributed by atoms with Crippen LogP contribution in [0.15, 0.2) is 60.7 Å². The standard InChI is InChI=1S/C19H18O4/c1-3-23-19(21)16-11-7-10-15(12-16)17(13-18(20)22-2)14-8-5-4-6-9-14/h4-13H,3H2,1-2H3/b17-13+. The Kier molecular flexibility index (Phi) is 5.69. The van der Waals surface area contributed by atoms with Gasteiger partial charge in [0.2, 0.25) is 0 Å². The molecule has 0 radical (unpaired) electrons. The van der Waals surface area contributed by atoms with Gasteiger partial charge in [0.15, 0.2) is 0 Å². The molecule has 0 aromatic heterocycles. The van der Waals surface area contributed by atoms with Crippen LogP contribution in [0, 0.1) is 0 Å². The molecule has 0 spiro atoms. The minimum absolute atomic E-state index is 0.312. The second kappa shape index (κ2) is 7.94. The maximum absolute atomic E-state index is 11.9. The Bertz CT molecular complexity index is 717. The zero-order valence-electron chi connectivity index (χ0n) is 13.1. The van der Waals surface area contributed by atoms with E-state index in [9.17, 15) is 9.59 Å². The molecular weight excluding hydrogens is 292 g/mol. The Labute approximate surface area is 135 Å². The summed E-state index contributed by atoms with van der Waals surface area (Å²) in [6.07, 6.45) is 1.42. The van der Waals surface area contributed by atoms with Crippen LogP contribution in [-0.2, 0) is 14.3 Å². The average molecular weight is 310 g/mol. The summed E-state index contributed by atoms with van der Waals surface area (Å²) in [6.45, 7) is 2.07. The van der Waals surface area contributed by atoms with Crippen LogP contribution in [0.5, 0.6) is 0 Å². The molecule has 0 saturated carbocycles. The molecule has 0 atom stereocenters. The quantitative estimate of drug-likeness (QED) is 0.627. The molecule has 0 saturated heterocycles. The number of carbonyl (C=O) groups is 2. The van der Waals surface area contributed by atoms with Crippen LogP contribution >= 0.6 is 0 Å². The number of carbonyl (C=O) groups excluding carboxylic acids is 2. The second-order valence-electron chi connectivity index (χ2n) is 4.75. The number of benzene rings is 2. The number of rotatable bonds is 5. The van der Waals surface area contributed by atoms with Crippen LogP contribution in [0.4, 0.5) is 0 Å². The van der Waals surface area contributed by atoms with E-state index < -0.39 is 5.97 Å². The first kappa shape index (κ1) is 16.5. The molecule has 2 rings (SSSR count). The van der Waals surface area contributed by atoms with Crippen molar-refractivity contribution >= 4 is 17.5 Å². The smallest absolute Gasteiger partial charge is 0.338 e. The van der Waals surface area contributed by atoms with E-state index in [0.29, 0.717) is 17.7 Å². The minimum atomic E-state index is -0.453. The molecule has 0 bridgehead atoms. The molecule has 0 unspecified atom stereocenters. The van der Waals surface area contributed by atoms with E-state index in [1.54, 1.807) is 25.1 Å². The van der Waals surface area contributed by atoms with E-state index in [1.807, 2.05) is 36.4 Å². The Hall–Kier alpha value is -2.88. The van der Waals surface area contributed by atoms with Crippen molar-refractivity contribution < 1.29 is 19.1 Å². The Morgan fingerprint density at radius 1 is 0.957 bits per heavy atom. The maximum atomic E-state index is 11.9. The largest absolute Gasteiger partial charge is 0.466 e. The van der Waals surface area contributed by atoms with Crippen molar-refractivity contribution in [1.82, 2.24) is 0 Å². The van der Waals surface area contributed by atoms with Gasteiger partial charge in [-0.15, -0.1) is 0 Å². The second-order valence-corrected chi connectivity index (χ2v) is 4.75. The van der Waals surface area contributed by atoms with Crippen LogP contribution in [0.25, 0.3) is 5.57 Å². The van der Waals surface area contributed by atoms with Gasteiger partial charge >= 0.3 is 11.9 Å². The third kappa shape index (κ3) is 4.30. The molecule has 0 aliphatic heterocycles. The number of esters is 2. The van der Waals surface area contributed by atoms with Gasteiger partial charge in [-0.1, -0.05) is 42.5 Å². The molecule has 0 fully saturated rings. The molecule has 0 heterocycles. The van der Waals surface area contributed by atoms with E-state index in [-0.39, 0.29) is 5.97 Å². The highest BCUT2D eigenvalue weighted by Crippen LogP contribution is 2.24. The third-order valence-corrected chi connectivity index (χ3v) is 3.23. The van der Waals surface area contributed by atoms with Crippen molar-refractivity contribution in [2.24, 2.45) is 0 Å². The average Bonchev–Trinajstić information content (AvgIpc) is 2.60. The van der Waals surface area contributed by atoms with E-state index in [2.05, 4.69) is 0 Å². The van der Waals surface area contributed by atoms with Crippen molar-refractivity contribution in [3.8, 4) is 0 Å². The van der Waals surface area contributed by atoms with Crippen molar-refractivity contribution in [3.63, 3.8) is 0 Å². The molecule has 2 aromatic rings. The normalized spacial score (nSPS) is 11.0. The molecule has 0 N–H and O–H groups in total. The molecule has 4 nitrogen and oxygen atoms in total. The SMILES string of the molecule is CCOC(=O)c1cccc(/C(=C/C(=O)OC)c2ccccc2)c1. The fourth-order valence-electron chi connectivity index (χ4n) is 2.16. The van der Waals surface area contributed by atoms with Crippen molar-refractivity contribution in [3.05, 3.63) is 77.4 Å². The summed E-state index contributed by atoms with van der Waals surface area (Å²) in [5, 5.41) is 0. The van der Waals surface area contributed by atoms with Crippen molar-refractivity contribution in [2.75, 3.05) is 13.7 Å². The first-order valence-corrected chi connectivity index (χ1v) is 7.28. The lowest BCUT2D eigenvalue weighted by Gasteiger charge is -2.10. The molecule has 0 aliphatic rings. The monoisotopic (exact) mass is 310 g/mol. The number of methoxy groups -OCH3 is 1. The van der Waals surface area contributed by atoms with Crippen molar-refractivity contribution in [2.45, 2.75) is 6.92 Å². The topological polar surface area (TPSA) is 52.6 Å². The summed E-state index contributed by atoms with van der Waals surface area (Å²) in [4.78, 5) is 23.6. The van der Waals surface area contributed by atoms with Gasteiger partial charge in [0.1, 0.15) is 0 Å². The lowest BCUT2D eigenvalue weighted by atomic mass is 9.96. The van der Waals surface area contributed by atoms with Crippen molar-refractivity contribution in [1.29, 1.82) is 0 Å². The predicted octanol–water partition coefficient (Wildman–Crippen LogP) is 3.47. The Balaban J connectivity index is 2.48. The minimum Gasteiger partial charge on any atom is -0.466 e. The van der Waals surface area contributed by atoms with Crippen LogP contribution < -0.4 is 0 Å². The molecule has 4 heteroatoms. The van der Waals surface area contributed by atoms with E-state index >= 15 is 0 Å². The van der Waals surface area contributed by atoms with Crippen LogP contribution in [-0.4, -0.2) is 25.7 Å². The summed E-state index contributed by atoms with van der Waals surface area (Å²) in [7, 11) is 1.33. The molecule has 2 aromatic carbocycles. The summed E-state index contributed by atoms with van der Waals surface area (Å²) in [6, 6.07) is 16.4. The molecular formula is C19H18O4. The van der Waals surface area contributed by atoms with Gasteiger partial charge in [-0.3, -0.25) is 0 Å². The lowest BCUT2D eigenvalue weighted by molar-refractivity contribution is -0.134. The van der Waals surface area contributed by atoms with Gasteiger partial charge in [-0.05, 0) is 35.8 Å². The first-order valence-electron chi connectivity index (χ1n) is 7.28. The van der Waals surface area contributed by atoms with Gasteiger partial charge in [-0.2, -0.15) is 0 Å². The highest BCUT2D eigenvalue weighted by Gasteiger charge is 2.12. The van der Waals surface area contributed by atoms with E-state index in [1.165, 1.54) is 13.2 Å². The summed E-state index contributed by atoms with van der Waals surface area (Å²) < 4.78 is 9.75. The molecule has 0 aliphatic carbocycles.